The molecule has 0 spiro atoms. The molecule has 2 bridgehead atoms. The Bertz CT molecular complexity index is 3780. The number of rotatable bonds is 21. The fourth-order valence-corrected chi connectivity index (χ4v) is 13.8. The van der Waals surface area contributed by atoms with Crippen molar-refractivity contribution in [3.05, 3.63) is 124 Å². The molecule has 454 valence electrons. The maximum Gasteiger partial charge on any atom is 0.319 e. The normalized spacial score (nSPS) is 18.1. The Morgan fingerprint density at radius 2 is 1.72 bits per heavy atom. The third-order valence-corrected chi connectivity index (χ3v) is 18.3. The molecule has 86 heavy (non-hydrogen) atoms. The number of ether oxygens (including phenoxy) is 2. The smallest absolute Gasteiger partial charge is 0.319 e. The van der Waals surface area contributed by atoms with Gasteiger partial charge in [0.25, 0.3) is 0 Å². The molecule has 5 N–H and O–H groups in total. The van der Waals surface area contributed by atoms with Crippen LogP contribution in [-0.2, 0) is 17.9 Å². The number of halogens is 1. The summed E-state index contributed by atoms with van der Waals surface area (Å²) in [7, 11) is 2.83. The Hall–Kier alpha value is -7.78. The van der Waals surface area contributed by atoms with Crippen LogP contribution < -0.4 is 25.0 Å². The molecule has 5 unspecified atom stereocenters. The molecule has 18 nitrogen and oxygen atoms in total. The van der Waals surface area contributed by atoms with E-state index < -0.39 is 12.1 Å². The number of fused-ring (bicyclic) bond motifs is 4. The lowest BCUT2D eigenvalue weighted by atomic mass is 9.88. The number of carbonyl (C=O) groups excluding carboxylic acids is 2. The SMILES string of the molecule is C.C=C(NCc1ccc(-c2scnc2C)cc1)C1CCCN1C(=O)C(C(C)C)n1cc(-c2ccc(COc3c(-c4c(C)c(F)cc5[nH]ncc45)c(C4CC4)cc4c(N5CC6CC5CN6C(C)C)nc(OCC(C)O)nc34)cc2NC)c(C=O)n1.CO. The van der Waals surface area contributed by atoms with Gasteiger partial charge in [-0.05, 0) is 125 Å². The first-order chi connectivity index (χ1) is 41.1. The minimum absolute atomic E-state index is 0. The maximum atomic E-state index is 16.2. The summed E-state index contributed by atoms with van der Waals surface area (Å²) >= 11 is 1.63. The molecular weight excluding hydrogens is 1110 g/mol. The highest BCUT2D eigenvalue weighted by Crippen LogP contribution is 2.54. The second-order valence-corrected chi connectivity index (χ2v) is 24.5. The molecule has 5 atom stereocenters. The lowest BCUT2D eigenvalue weighted by Crippen LogP contribution is -2.49. The van der Waals surface area contributed by atoms with Gasteiger partial charge in [0.1, 0.15) is 42.1 Å². The number of likely N-dealkylation sites (tertiary alicyclic amines) is 2. The van der Waals surface area contributed by atoms with Crippen LogP contribution in [0.3, 0.4) is 0 Å². The number of nitrogens with one attached hydrogen (secondary N) is 3. The number of carbonyl (C=O) groups is 2. The number of aliphatic hydroxyl groups excluding tert-OH is 2. The lowest BCUT2D eigenvalue weighted by molar-refractivity contribution is -0.136. The molecule has 8 aromatic rings. The zero-order valence-electron chi connectivity index (χ0n) is 49.9. The number of aromatic amines is 1. The van der Waals surface area contributed by atoms with Crippen LogP contribution in [0, 0.1) is 25.6 Å². The van der Waals surface area contributed by atoms with Crippen molar-refractivity contribution in [3.63, 3.8) is 0 Å². The van der Waals surface area contributed by atoms with Crippen LogP contribution in [0.15, 0.2) is 84.8 Å². The predicted octanol–water partition coefficient (Wildman–Crippen LogP) is 11.4. The van der Waals surface area contributed by atoms with Crippen molar-refractivity contribution in [1.82, 2.24) is 50.0 Å². The van der Waals surface area contributed by atoms with Crippen molar-refractivity contribution in [3.8, 4) is 44.5 Å². The van der Waals surface area contributed by atoms with E-state index in [1.165, 1.54) is 6.07 Å². The number of aldehydes is 1. The van der Waals surface area contributed by atoms with E-state index in [9.17, 15) is 14.7 Å². The highest BCUT2D eigenvalue weighted by Gasteiger charge is 2.46. The minimum Gasteiger partial charge on any atom is -0.486 e. The van der Waals surface area contributed by atoms with Crippen LogP contribution in [0.1, 0.15) is 125 Å². The van der Waals surface area contributed by atoms with Gasteiger partial charge in [-0.25, -0.2) is 9.37 Å². The standard InChI is InChI=1S/C64H73FN12O5S.CH4O.CH4/c1-34(2)59(63(80)74-20-10-11-55(74)38(7)67-25-40-12-15-43(16-13-40)61-39(8)68-33-83-61)77-29-50(54(30-78)73-77)46-19-14-41(21-52(46)66-9)32-81-60-57(56-37(6)51(65)24-53-49(56)26-69-72-53)47(42-17-18-42)23-48-58(60)70-64(82-31-36(5)79)71-62(48)76-28-44-22-45(76)27-75(44)35(3)4;1-2;/h12-16,19,21,23-24,26,29-30,33-36,42,44-45,55,59,66-67,79H,7,10-11,17-18,20,22,25,27-28,31-32H2,1-6,8-9H3,(H,69,72);2H,1H3;1H4. The molecule has 12 rings (SSSR count). The highest BCUT2D eigenvalue weighted by atomic mass is 32.1. The number of amides is 1. The Labute approximate surface area is 506 Å². The van der Waals surface area contributed by atoms with Gasteiger partial charge in [-0.15, -0.1) is 11.3 Å². The number of piperazine rings is 1. The third-order valence-electron chi connectivity index (χ3n) is 17.3. The number of nitrogens with zero attached hydrogens (tertiary/aromatic N) is 9. The molecular formula is C66H81FN12O6S. The molecule has 20 heteroatoms. The molecule has 4 aromatic heterocycles. The van der Waals surface area contributed by atoms with E-state index in [4.69, 9.17) is 29.6 Å². The summed E-state index contributed by atoms with van der Waals surface area (Å²) < 4.78 is 31.3. The van der Waals surface area contributed by atoms with E-state index >= 15 is 4.39 Å². The van der Waals surface area contributed by atoms with Crippen molar-refractivity contribution in [2.24, 2.45) is 5.92 Å². The zero-order valence-corrected chi connectivity index (χ0v) is 50.8. The second-order valence-electron chi connectivity index (χ2n) is 23.7. The van der Waals surface area contributed by atoms with Crippen molar-refractivity contribution in [2.45, 2.75) is 143 Å². The van der Waals surface area contributed by atoms with Crippen molar-refractivity contribution >= 4 is 56.8 Å². The molecule has 7 heterocycles. The van der Waals surface area contributed by atoms with E-state index in [1.807, 2.05) is 62.6 Å². The van der Waals surface area contributed by atoms with Crippen LogP contribution in [0.4, 0.5) is 15.9 Å². The predicted molar refractivity (Wildman–Crippen MR) is 339 cm³/mol. The summed E-state index contributed by atoms with van der Waals surface area (Å²) in [4.78, 5) is 50.6. The fourth-order valence-electron chi connectivity index (χ4n) is 13.0. The lowest BCUT2D eigenvalue weighted by Gasteiger charge is -2.37. The van der Waals surface area contributed by atoms with E-state index in [2.05, 4.69) is 86.4 Å². The zero-order chi connectivity index (χ0) is 60.0. The van der Waals surface area contributed by atoms with Crippen LogP contribution in [0.2, 0.25) is 0 Å². The molecule has 1 aliphatic carbocycles. The van der Waals surface area contributed by atoms with Crippen molar-refractivity contribution in [2.75, 3.05) is 50.6 Å². The summed E-state index contributed by atoms with van der Waals surface area (Å²) in [6.45, 7) is 21.3. The average molecular weight is 1190 g/mol. The molecule has 4 fully saturated rings. The van der Waals surface area contributed by atoms with Gasteiger partial charge >= 0.3 is 6.01 Å². The van der Waals surface area contributed by atoms with Crippen LogP contribution in [-0.4, -0.2) is 138 Å². The molecule has 4 aliphatic rings. The first-order valence-corrected chi connectivity index (χ1v) is 30.5. The van der Waals surface area contributed by atoms with Gasteiger partial charge in [0.2, 0.25) is 5.91 Å². The van der Waals surface area contributed by atoms with E-state index in [0.717, 1.165) is 125 Å². The Morgan fingerprint density at radius 3 is 2.38 bits per heavy atom. The van der Waals surface area contributed by atoms with E-state index in [-0.39, 0.29) is 68.0 Å². The van der Waals surface area contributed by atoms with Gasteiger partial charge in [0.05, 0.1) is 39.9 Å². The number of aromatic nitrogens is 7. The van der Waals surface area contributed by atoms with E-state index in [0.29, 0.717) is 64.3 Å². The van der Waals surface area contributed by atoms with Gasteiger partial charge in [0.15, 0.2) is 12.0 Å². The van der Waals surface area contributed by atoms with Crippen LogP contribution >= 0.6 is 11.3 Å². The quantitative estimate of drug-likeness (QED) is 0.0424. The maximum absolute atomic E-state index is 16.2. The summed E-state index contributed by atoms with van der Waals surface area (Å²) in [5.74, 6) is 0.797. The first-order valence-electron chi connectivity index (χ1n) is 29.6. The fraction of sp³-hybridized carbons (Fsp3) is 0.439. The van der Waals surface area contributed by atoms with Crippen molar-refractivity contribution in [1.29, 1.82) is 0 Å². The van der Waals surface area contributed by atoms with Gasteiger partial charge < -0.3 is 40.1 Å². The highest BCUT2D eigenvalue weighted by molar-refractivity contribution is 7.13. The monoisotopic (exact) mass is 1190 g/mol. The number of aryl methyl sites for hydroxylation is 1. The summed E-state index contributed by atoms with van der Waals surface area (Å²) in [6.07, 6.45) is 8.08. The van der Waals surface area contributed by atoms with Gasteiger partial charge in [-0.2, -0.15) is 20.2 Å². The van der Waals surface area contributed by atoms with Gasteiger partial charge in [-0.1, -0.05) is 64.3 Å². The summed E-state index contributed by atoms with van der Waals surface area (Å²) in [6, 6.07) is 18.3. The number of thiazole rings is 1. The average Bonchev–Trinajstić information content (AvgIpc) is 1.37. The number of aliphatic hydroxyl groups is 2. The van der Waals surface area contributed by atoms with E-state index in [1.54, 1.807) is 36.1 Å². The molecule has 0 radical (unpaired) electrons. The van der Waals surface area contributed by atoms with Crippen molar-refractivity contribution < 1.29 is 33.7 Å². The first kappa shape index (κ1) is 61.3. The Kier molecular flexibility index (Phi) is 18.3. The number of hydrogen-bond donors (Lipinski definition) is 5. The number of H-pyrrole nitrogens is 1. The molecule has 1 amide bonds. The molecule has 1 saturated carbocycles. The molecule has 4 aromatic carbocycles. The Morgan fingerprint density at radius 1 is 0.953 bits per heavy atom. The van der Waals surface area contributed by atoms with Crippen LogP contribution in [0.25, 0.3) is 54.5 Å². The number of anilines is 2. The topological polar surface area (TPSA) is 212 Å². The van der Waals surface area contributed by atoms with Gasteiger partial charge in [-0.3, -0.25) is 24.3 Å². The Balaban J connectivity index is 0.00000271. The van der Waals surface area contributed by atoms with Gasteiger partial charge in [0, 0.05) is 109 Å². The number of hydrogen-bond acceptors (Lipinski definition) is 16. The second kappa shape index (κ2) is 25.7. The van der Waals surface area contributed by atoms with Crippen LogP contribution in [0.5, 0.6) is 11.8 Å². The summed E-state index contributed by atoms with van der Waals surface area (Å²) in [5, 5.41) is 38.1. The third kappa shape index (κ3) is 11.8. The number of benzene rings is 4. The largest absolute Gasteiger partial charge is 0.486 e. The molecule has 3 aliphatic heterocycles. The summed E-state index contributed by atoms with van der Waals surface area (Å²) in [5.41, 5.74) is 12.9. The molecule has 3 saturated heterocycles. The minimum atomic E-state index is -0.773.